The van der Waals surface area contributed by atoms with Crippen molar-refractivity contribution in [1.82, 2.24) is 14.9 Å². The maximum Gasteiger partial charge on any atom is 0.0645 e. The van der Waals surface area contributed by atoms with Gasteiger partial charge in [0.05, 0.1) is 12.2 Å². The van der Waals surface area contributed by atoms with Gasteiger partial charge in [0.15, 0.2) is 0 Å². The molecule has 0 atom stereocenters. The first-order valence-electron chi connectivity index (χ1n) is 6.45. The van der Waals surface area contributed by atoms with Crippen molar-refractivity contribution in [3.8, 4) is 0 Å². The molecule has 0 aliphatic rings. The van der Waals surface area contributed by atoms with E-state index in [0.29, 0.717) is 6.04 Å². The summed E-state index contributed by atoms with van der Waals surface area (Å²) in [7, 11) is 0. The molecule has 1 N–H and O–H groups in total. The Labute approximate surface area is 109 Å². The van der Waals surface area contributed by atoms with E-state index in [2.05, 4.69) is 59.2 Å². The van der Waals surface area contributed by atoms with Crippen LogP contribution in [-0.2, 0) is 13.1 Å². The second-order valence-electron chi connectivity index (χ2n) is 4.93. The number of hydrogen-bond acceptors (Lipinski definition) is 2. The summed E-state index contributed by atoms with van der Waals surface area (Å²) in [5, 5.41) is 3.44. The summed E-state index contributed by atoms with van der Waals surface area (Å²) >= 11 is 0. The zero-order valence-electron chi connectivity index (χ0n) is 11.4. The summed E-state index contributed by atoms with van der Waals surface area (Å²) in [5.41, 5.74) is 3.48. The Kier molecular flexibility index (Phi) is 4.15. The second-order valence-corrected chi connectivity index (χ2v) is 4.93. The van der Waals surface area contributed by atoms with E-state index >= 15 is 0 Å². The van der Waals surface area contributed by atoms with Crippen molar-refractivity contribution >= 4 is 0 Å². The molecular formula is C15H21N3. The highest BCUT2D eigenvalue weighted by atomic mass is 15.0. The third-order valence-corrected chi connectivity index (χ3v) is 2.89. The molecule has 3 nitrogen and oxygen atoms in total. The molecule has 0 spiro atoms. The molecule has 2 aromatic heterocycles. The molecule has 96 valence electrons. The van der Waals surface area contributed by atoms with Crippen LogP contribution in [0.15, 0.2) is 36.5 Å². The molecule has 18 heavy (non-hydrogen) atoms. The van der Waals surface area contributed by atoms with Gasteiger partial charge in [0, 0.05) is 30.2 Å². The van der Waals surface area contributed by atoms with Crippen LogP contribution >= 0.6 is 0 Å². The largest absolute Gasteiger partial charge is 0.344 e. The molecule has 0 saturated heterocycles. The van der Waals surface area contributed by atoms with Crippen molar-refractivity contribution in [3.05, 3.63) is 53.6 Å². The molecule has 0 aliphatic carbocycles. The Bertz CT molecular complexity index is 500. The number of rotatable bonds is 5. The number of aryl methyl sites for hydroxylation is 1. The van der Waals surface area contributed by atoms with Crippen molar-refractivity contribution in [2.75, 3.05) is 0 Å². The van der Waals surface area contributed by atoms with Crippen LogP contribution in [0.5, 0.6) is 0 Å². The van der Waals surface area contributed by atoms with Crippen LogP contribution in [0.25, 0.3) is 0 Å². The van der Waals surface area contributed by atoms with Gasteiger partial charge in [0.25, 0.3) is 0 Å². The van der Waals surface area contributed by atoms with Gasteiger partial charge in [-0.05, 0) is 31.2 Å². The Morgan fingerprint density at radius 2 is 2.06 bits per heavy atom. The molecule has 0 bridgehead atoms. The average Bonchev–Trinajstić information content (AvgIpc) is 2.74. The lowest BCUT2D eigenvalue weighted by molar-refractivity contribution is 0.563. The van der Waals surface area contributed by atoms with Crippen molar-refractivity contribution < 1.29 is 0 Å². The van der Waals surface area contributed by atoms with Crippen molar-refractivity contribution in [3.63, 3.8) is 0 Å². The fourth-order valence-electron chi connectivity index (χ4n) is 1.93. The van der Waals surface area contributed by atoms with Gasteiger partial charge in [-0.2, -0.15) is 0 Å². The SMILES string of the molecule is Cc1cccc(Cn2cccc2CNC(C)C)n1. The smallest absolute Gasteiger partial charge is 0.0645 e. The molecule has 2 heterocycles. The predicted molar refractivity (Wildman–Crippen MR) is 74.5 cm³/mol. The quantitative estimate of drug-likeness (QED) is 0.875. The van der Waals surface area contributed by atoms with Crippen LogP contribution in [0, 0.1) is 6.92 Å². The number of pyridine rings is 1. The average molecular weight is 243 g/mol. The number of nitrogens with zero attached hydrogens (tertiary/aromatic N) is 2. The fourth-order valence-corrected chi connectivity index (χ4v) is 1.93. The van der Waals surface area contributed by atoms with Gasteiger partial charge in [0.1, 0.15) is 0 Å². The molecule has 2 aromatic rings. The van der Waals surface area contributed by atoms with E-state index in [1.807, 2.05) is 13.0 Å². The molecule has 0 radical (unpaired) electrons. The van der Waals surface area contributed by atoms with E-state index in [1.165, 1.54) is 5.69 Å². The van der Waals surface area contributed by atoms with Gasteiger partial charge < -0.3 is 9.88 Å². The van der Waals surface area contributed by atoms with Gasteiger partial charge >= 0.3 is 0 Å². The van der Waals surface area contributed by atoms with Gasteiger partial charge in [0.2, 0.25) is 0 Å². The van der Waals surface area contributed by atoms with E-state index in [-0.39, 0.29) is 0 Å². The first kappa shape index (κ1) is 12.8. The van der Waals surface area contributed by atoms with Gasteiger partial charge in [-0.1, -0.05) is 19.9 Å². The van der Waals surface area contributed by atoms with E-state index < -0.39 is 0 Å². The zero-order valence-corrected chi connectivity index (χ0v) is 11.4. The zero-order chi connectivity index (χ0) is 13.0. The second kappa shape index (κ2) is 5.83. The van der Waals surface area contributed by atoms with E-state index in [9.17, 15) is 0 Å². The normalized spacial score (nSPS) is 11.1. The molecule has 0 saturated carbocycles. The lowest BCUT2D eigenvalue weighted by Crippen LogP contribution is -2.23. The first-order valence-corrected chi connectivity index (χ1v) is 6.45. The number of hydrogen-bond donors (Lipinski definition) is 1. The molecule has 0 aliphatic heterocycles. The van der Waals surface area contributed by atoms with E-state index in [0.717, 1.165) is 24.5 Å². The van der Waals surface area contributed by atoms with E-state index in [1.54, 1.807) is 0 Å². The first-order chi connectivity index (χ1) is 8.65. The lowest BCUT2D eigenvalue weighted by atomic mass is 10.3. The summed E-state index contributed by atoms with van der Waals surface area (Å²) in [4.78, 5) is 4.54. The molecule has 3 heteroatoms. The van der Waals surface area contributed by atoms with Gasteiger partial charge in [-0.15, -0.1) is 0 Å². The standard InChI is InChI=1S/C15H21N3/c1-12(2)16-10-15-8-5-9-18(15)11-14-7-4-6-13(3)17-14/h4-9,12,16H,10-11H2,1-3H3. The summed E-state index contributed by atoms with van der Waals surface area (Å²) in [6.07, 6.45) is 2.11. The molecule has 0 unspecified atom stereocenters. The minimum Gasteiger partial charge on any atom is -0.344 e. The van der Waals surface area contributed by atoms with Crippen molar-refractivity contribution in [2.45, 2.75) is 39.9 Å². The van der Waals surface area contributed by atoms with Crippen LogP contribution in [0.4, 0.5) is 0 Å². The fraction of sp³-hybridized carbons (Fsp3) is 0.400. The molecule has 0 aromatic carbocycles. The summed E-state index contributed by atoms with van der Waals surface area (Å²) < 4.78 is 2.25. The van der Waals surface area contributed by atoms with E-state index in [4.69, 9.17) is 0 Å². The third-order valence-electron chi connectivity index (χ3n) is 2.89. The Morgan fingerprint density at radius 1 is 1.22 bits per heavy atom. The maximum absolute atomic E-state index is 4.54. The monoisotopic (exact) mass is 243 g/mol. The van der Waals surface area contributed by atoms with Crippen molar-refractivity contribution in [2.24, 2.45) is 0 Å². The third kappa shape index (κ3) is 3.44. The van der Waals surface area contributed by atoms with Crippen LogP contribution in [0.1, 0.15) is 30.9 Å². The van der Waals surface area contributed by atoms with Crippen LogP contribution in [0.3, 0.4) is 0 Å². The minimum atomic E-state index is 0.505. The van der Waals surface area contributed by atoms with Crippen LogP contribution in [0.2, 0.25) is 0 Å². The summed E-state index contributed by atoms with van der Waals surface area (Å²) in [6.45, 7) is 8.09. The maximum atomic E-state index is 4.54. The summed E-state index contributed by atoms with van der Waals surface area (Å²) in [5.74, 6) is 0. The molecular weight excluding hydrogens is 222 g/mol. The van der Waals surface area contributed by atoms with Crippen molar-refractivity contribution in [1.29, 1.82) is 0 Å². The highest BCUT2D eigenvalue weighted by Gasteiger charge is 2.03. The summed E-state index contributed by atoms with van der Waals surface area (Å²) in [6, 6.07) is 10.9. The molecule has 0 amide bonds. The highest BCUT2D eigenvalue weighted by molar-refractivity contribution is 5.14. The Balaban J connectivity index is 2.07. The minimum absolute atomic E-state index is 0.505. The predicted octanol–water partition coefficient (Wildman–Crippen LogP) is 2.74. The van der Waals surface area contributed by atoms with Gasteiger partial charge in [-0.25, -0.2) is 0 Å². The lowest BCUT2D eigenvalue weighted by Gasteiger charge is -2.12. The van der Waals surface area contributed by atoms with Crippen LogP contribution in [-0.4, -0.2) is 15.6 Å². The van der Waals surface area contributed by atoms with Gasteiger partial charge in [-0.3, -0.25) is 4.98 Å². The Hall–Kier alpha value is -1.61. The topological polar surface area (TPSA) is 29.9 Å². The molecule has 0 fully saturated rings. The highest BCUT2D eigenvalue weighted by Crippen LogP contribution is 2.07. The Morgan fingerprint density at radius 3 is 2.78 bits per heavy atom. The number of aromatic nitrogens is 2. The number of nitrogens with one attached hydrogen (secondary N) is 1. The molecule has 2 rings (SSSR count). The van der Waals surface area contributed by atoms with Crippen LogP contribution < -0.4 is 5.32 Å².